The highest BCUT2D eigenvalue weighted by Crippen LogP contribution is 2.23. The van der Waals surface area contributed by atoms with Gasteiger partial charge in [0.25, 0.3) is 0 Å². The Labute approximate surface area is 115 Å². The lowest BCUT2D eigenvalue weighted by Gasteiger charge is -2.27. The average molecular weight is 264 g/mol. The van der Waals surface area contributed by atoms with Gasteiger partial charge in [-0.2, -0.15) is 0 Å². The molecule has 0 aliphatic carbocycles. The monoisotopic (exact) mass is 264 g/mol. The van der Waals surface area contributed by atoms with Crippen molar-refractivity contribution in [2.24, 2.45) is 0 Å². The van der Waals surface area contributed by atoms with Crippen LogP contribution in [0.4, 0.5) is 0 Å². The predicted molar refractivity (Wildman–Crippen MR) is 76.7 cm³/mol. The topological polar surface area (TPSA) is 33.7 Å². The number of nitrogens with zero attached hydrogens (tertiary/aromatic N) is 1. The fourth-order valence-electron chi connectivity index (χ4n) is 2.40. The summed E-state index contributed by atoms with van der Waals surface area (Å²) in [5.41, 5.74) is 1.21. The van der Waals surface area contributed by atoms with Crippen LogP contribution in [0.5, 0.6) is 5.75 Å². The third-order valence-corrected chi connectivity index (χ3v) is 3.59. The maximum Gasteiger partial charge on any atom is 0.123 e. The second kappa shape index (κ2) is 7.48. The third-order valence-electron chi connectivity index (χ3n) is 3.59. The molecule has 1 N–H and O–H groups in total. The van der Waals surface area contributed by atoms with Crippen molar-refractivity contribution < 1.29 is 9.47 Å². The van der Waals surface area contributed by atoms with E-state index in [4.69, 9.17) is 9.47 Å². The number of ether oxygens (including phenoxy) is 2. The van der Waals surface area contributed by atoms with Crippen molar-refractivity contribution in [2.45, 2.75) is 13.0 Å². The Morgan fingerprint density at radius 3 is 2.79 bits per heavy atom. The number of hydrogen-bond donors (Lipinski definition) is 1. The Morgan fingerprint density at radius 1 is 1.32 bits per heavy atom. The maximum absolute atomic E-state index is 5.40. The van der Waals surface area contributed by atoms with Crippen LogP contribution in [0.15, 0.2) is 24.3 Å². The van der Waals surface area contributed by atoms with Gasteiger partial charge in [-0.3, -0.25) is 4.90 Å². The molecule has 19 heavy (non-hydrogen) atoms. The van der Waals surface area contributed by atoms with Gasteiger partial charge in [-0.15, -0.1) is 0 Å². The van der Waals surface area contributed by atoms with E-state index < -0.39 is 0 Å². The Balaban J connectivity index is 1.78. The largest absolute Gasteiger partial charge is 0.496 e. The molecule has 1 aromatic carbocycles. The molecule has 1 aliphatic rings. The highest BCUT2D eigenvalue weighted by atomic mass is 16.5. The van der Waals surface area contributed by atoms with Crippen molar-refractivity contribution in [3.8, 4) is 5.75 Å². The van der Waals surface area contributed by atoms with Gasteiger partial charge in [-0.25, -0.2) is 0 Å². The van der Waals surface area contributed by atoms with E-state index in [9.17, 15) is 0 Å². The van der Waals surface area contributed by atoms with Crippen LogP contribution >= 0.6 is 0 Å². The summed E-state index contributed by atoms with van der Waals surface area (Å²) in [4.78, 5) is 2.44. The van der Waals surface area contributed by atoms with E-state index in [1.807, 2.05) is 12.1 Å². The summed E-state index contributed by atoms with van der Waals surface area (Å²) in [7, 11) is 1.72. The van der Waals surface area contributed by atoms with Crippen LogP contribution in [-0.4, -0.2) is 51.4 Å². The lowest BCUT2D eigenvalue weighted by molar-refractivity contribution is 0.0382. The molecule has 0 radical (unpaired) electrons. The minimum absolute atomic E-state index is 0.303. The molecule has 1 aliphatic heterocycles. The highest BCUT2D eigenvalue weighted by molar-refractivity contribution is 5.35. The summed E-state index contributed by atoms with van der Waals surface area (Å²) < 4.78 is 10.7. The van der Waals surface area contributed by atoms with Gasteiger partial charge in [0, 0.05) is 37.8 Å². The summed E-state index contributed by atoms with van der Waals surface area (Å²) in [6.07, 6.45) is 0. The molecule has 0 aromatic heterocycles. The van der Waals surface area contributed by atoms with Crippen LogP contribution < -0.4 is 10.1 Å². The van der Waals surface area contributed by atoms with Crippen LogP contribution in [0.3, 0.4) is 0 Å². The number of morpholine rings is 1. The molecule has 0 bridgehead atoms. The molecule has 1 fully saturated rings. The standard InChI is InChI=1S/C15H24N2O2/c1-13(14-5-3-4-6-15(14)18-2)16-7-8-17-9-11-19-12-10-17/h3-6,13,16H,7-12H2,1-2H3/t13-/m0/s1. The van der Waals surface area contributed by atoms with E-state index >= 15 is 0 Å². The molecule has 4 nitrogen and oxygen atoms in total. The molecule has 1 aromatic rings. The predicted octanol–water partition coefficient (Wildman–Crippen LogP) is 1.68. The molecular formula is C15H24N2O2. The van der Waals surface area contributed by atoms with Gasteiger partial charge in [0.2, 0.25) is 0 Å². The SMILES string of the molecule is COc1ccccc1[C@H](C)NCCN1CCOCC1. The minimum Gasteiger partial charge on any atom is -0.496 e. The molecule has 1 heterocycles. The fourth-order valence-corrected chi connectivity index (χ4v) is 2.40. The zero-order valence-corrected chi connectivity index (χ0v) is 11.9. The van der Waals surface area contributed by atoms with Crippen molar-refractivity contribution in [3.05, 3.63) is 29.8 Å². The molecular weight excluding hydrogens is 240 g/mol. The Hall–Kier alpha value is -1.10. The average Bonchev–Trinajstić information content (AvgIpc) is 2.48. The zero-order chi connectivity index (χ0) is 13.5. The van der Waals surface area contributed by atoms with E-state index in [2.05, 4.69) is 29.3 Å². The Bertz CT molecular complexity index is 378. The van der Waals surface area contributed by atoms with Crippen molar-refractivity contribution >= 4 is 0 Å². The van der Waals surface area contributed by atoms with Gasteiger partial charge >= 0.3 is 0 Å². The number of hydrogen-bond acceptors (Lipinski definition) is 4. The number of benzene rings is 1. The maximum atomic E-state index is 5.40. The second-order valence-corrected chi connectivity index (χ2v) is 4.87. The Kier molecular flexibility index (Phi) is 5.63. The van der Waals surface area contributed by atoms with Gasteiger partial charge in [0.15, 0.2) is 0 Å². The van der Waals surface area contributed by atoms with Crippen molar-refractivity contribution in [1.29, 1.82) is 0 Å². The molecule has 1 atom stereocenters. The van der Waals surface area contributed by atoms with Gasteiger partial charge in [0.05, 0.1) is 20.3 Å². The molecule has 0 unspecified atom stereocenters. The first-order chi connectivity index (χ1) is 9.31. The van der Waals surface area contributed by atoms with E-state index in [-0.39, 0.29) is 0 Å². The number of rotatable bonds is 6. The summed E-state index contributed by atoms with van der Waals surface area (Å²) >= 11 is 0. The summed E-state index contributed by atoms with van der Waals surface area (Å²) in [6, 6.07) is 8.49. The molecule has 1 saturated heterocycles. The van der Waals surface area contributed by atoms with Crippen molar-refractivity contribution in [2.75, 3.05) is 46.5 Å². The van der Waals surface area contributed by atoms with Crippen LogP contribution in [-0.2, 0) is 4.74 Å². The fraction of sp³-hybridized carbons (Fsp3) is 0.600. The van der Waals surface area contributed by atoms with E-state index in [1.165, 1.54) is 5.56 Å². The molecule has 4 heteroatoms. The van der Waals surface area contributed by atoms with Gasteiger partial charge < -0.3 is 14.8 Å². The van der Waals surface area contributed by atoms with Crippen molar-refractivity contribution in [3.63, 3.8) is 0 Å². The quantitative estimate of drug-likeness (QED) is 0.847. The highest BCUT2D eigenvalue weighted by Gasteiger charge is 2.12. The van der Waals surface area contributed by atoms with Crippen LogP contribution in [0, 0.1) is 0 Å². The van der Waals surface area contributed by atoms with Crippen molar-refractivity contribution in [1.82, 2.24) is 10.2 Å². The molecule has 0 spiro atoms. The van der Waals surface area contributed by atoms with E-state index in [0.29, 0.717) is 6.04 Å². The summed E-state index contributed by atoms with van der Waals surface area (Å²) in [6.45, 7) is 8.05. The van der Waals surface area contributed by atoms with Gasteiger partial charge in [-0.1, -0.05) is 18.2 Å². The first kappa shape index (κ1) is 14.3. The molecule has 106 valence electrons. The third kappa shape index (κ3) is 4.20. The van der Waals surface area contributed by atoms with E-state index in [1.54, 1.807) is 7.11 Å². The summed E-state index contributed by atoms with van der Waals surface area (Å²) in [5, 5.41) is 3.56. The molecule has 0 saturated carbocycles. The molecule has 2 rings (SSSR count). The number of nitrogens with one attached hydrogen (secondary N) is 1. The van der Waals surface area contributed by atoms with E-state index in [0.717, 1.165) is 45.1 Å². The lowest BCUT2D eigenvalue weighted by Crippen LogP contribution is -2.40. The summed E-state index contributed by atoms with van der Waals surface area (Å²) in [5.74, 6) is 0.953. The zero-order valence-electron chi connectivity index (χ0n) is 11.9. The number of para-hydroxylation sites is 1. The van der Waals surface area contributed by atoms with Crippen LogP contribution in [0.1, 0.15) is 18.5 Å². The Morgan fingerprint density at radius 2 is 2.05 bits per heavy atom. The van der Waals surface area contributed by atoms with Crippen LogP contribution in [0.2, 0.25) is 0 Å². The first-order valence-corrected chi connectivity index (χ1v) is 6.97. The van der Waals surface area contributed by atoms with Gasteiger partial charge in [-0.05, 0) is 13.0 Å². The second-order valence-electron chi connectivity index (χ2n) is 4.87. The van der Waals surface area contributed by atoms with Crippen LogP contribution in [0.25, 0.3) is 0 Å². The number of methoxy groups -OCH3 is 1. The first-order valence-electron chi connectivity index (χ1n) is 6.97. The van der Waals surface area contributed by atoms with Gasteiger partial charge in [0.1, 0.15) is 5.75 Å². The smallest absolute Gasteiger partial charge is 0.123 e. The lowest BCUT2D eigenvalue weighted by atomic mass is 10.1. The normalized spacial score (nSPS) is 18.2. The molecule has 0 amide bonds. The minimum atomic E-state index is 0.303.